The number of aryl methyl sites for hydroxylation is 1. The minimum absolute atomic E-state index is 0.118. The number of nitrogens with zero attached hydrogens (tertiary/aromatic N) is 2. The summed E-state index contributed by atoms with van der Waals surface area (Å²) in [5.74, 6) is 1.70. The van der Waals surface area contributed by atoms with Crippen LogP contribution in [0.3, 0.4) is 0 Å². The average Bonchev–Trinajstić information content (AvgIpc) is 2.96. The van der Waals surface area contributed by atoms with Gasteiger partial charge in [-0.1, -0.05) is 13.8 Å². The van der Waals surface area contributed by atoms with E-state index in [1.807, 2.05) is 32.0 Å². The van der Waals surface area contributed by atoms with E-state index in [0.29, 0.717) is 0 Å². The fourth-order valence-corrected chi connectivity index (χ4v) is 2.06. The zero-order chi connectivity index (χ0) is 13.6. The summed E-state index contributed by atoms with van der Waals surface area (Å²) in [6.45, 7) is 4.07. The Labute approximate surface area is 109 Å². The fourth-order valence-electron chi connectivity index (χ4n) is 2.06. The van der Waals surface area contributed by atoms with Crippen molar-refractivity contribution < 1.29 is 4.42 Å². The Morgan fingerprint density at radius 2 is 2.16 bits per heavy atom. The van der Waals surface area contributed by atoms with Crippen molar-refractivity contribution in [3.05, 3.63) is 40.8 Å². The van der Waals surface area contributed by atoms with Crippen LogP contribution in [-0.2, 0) is 7.05 Å². The highest BCUT2D eigenvalue weighted by atomic mass is 16.4. The highest BCUT2D eigenvalue weighted by Gasteiger charge is 2.11. The summed E-state index contributed by atoms with van der Waals surface area (Å²) in [7, 11) is 1.74. The minimum Gasteiger partial charge on any atom is -0.440 e. The molecule has 3 rings (SSSR count). The van der Waals surface area contributed by atoms with Crippen molar-refractivity contribution in [3.8, 4) is 11.3 Å². The number of oxazole rings is 1. The number of nitrogens with one attached hydrogen (secondary N) is 1. The molecule has 0 fully saturated rings. The first-order valence-electron chi connectivity index (χ1n) is 6.21. The van der Waals surface area contributed by atoms with E-state index < -0.39 is 0 Å². The Hall–Kier alpha value is -2.30. The molecule has 2 heterocycles. The molecule has 0 aliphatic heterocycles. The molecule has 5 nitrogen and oxygen atoms in total. The molecule has 0 bridgehead atoms. The van der Waals surface area contributed by atoms with Crippen molar-refractivity contribution in [2.45, 2.75) is 19.8 Å². The van der Waals surface area contributed by atoms with Gasteiger partial charge in [0.15, 0.2) is 11.7 Å². The maximum atomic E-state index is 11.6. The van der Waals surface area contributed by atoms with Crippen molar-refractivity contribution in [2.75, 3.05) is 0 Å². The summed E-state index contributed by atoms with van der Waals surface area (Å²) in [5, 5.41) is 0. The van der Waals surface area contributed by atoms with Gasteiger partial charge in [0.25, 0.3) is 0 Å². The number of aromatic amines is 1. The van der Waals surface area contributed by atoms with Gasteiger partial charge in [0.1, 0.15) is 0 Å². The molecule has 1 aromatic carbocycles. The van der Waals surface area contributed by atoms with Gasteiger partial charge in [-0.25, -0.2) is 9.78 Å². The summed E-state index contributed by atoms with van der Waals surface area (Å²) in [4.78, 5) is 18.6. The predicted molar refractivity (Wildman–Crippen MR) is 73.1 cm³/mol. The van der Waals surface area contributed by atoms with E-state index in [-0.39, 0.29) is 11.6 Å². The number of benzene rings is 1. The minimum atomic E-state index is -0.118. The molecular formula is C14H15N3O2. The first-order valence-corrected chi connectivity index (χ1v) is 6.21. The van der Waals surface area contributed by atoms with E-state index in [2.05, 4.69) is 9.97 Å². The van der Waals surface area contributed by atoms with E-state index in [1.54, 1.807) is 17.8 Å². The van der Waals surface area contributed by atoms with Gasteiger partial charge in [0, 0.05) is 18.5 Å². The van der Waals surface area contributed by atoms with Crippen LogP contribution in [0.1, 0.15) is 25.7 Å². The van der Waals surface area contributed by atoms with E-state index in [9.17, 15) is 4.79 Å². The number of hydrogen-bond donors (Lipinski definition) is 1. The van der Waals surface area contributed by atoms with Gasteiger partial charge in [-0.3, -0.25) is 4.57 Å². The highest BCUT2D eigenvalue weighted by molar-refractivity contribution is 5.80. The molecule has 5 heteroatoms. The summed E-state index contributed by atoms with van der Waals surface area (Å²) >= 11 is 0. The topological polar surface area (TPSA) is 63.8 Å². The Kier molecular flexibility index (Phi) is 2.55. The molecule has 19 heavy (non-hydrogen) atoms. The summed E-state index contributed by atoms with van der Waals surface area (Å²) in [5.41, 5.74) is 2.47. The smallest absolute Gasteiger partial charge is 0.326 e. The number of H-pyrrole nitrogens is 1. The molecule has 1 N–H and O–H groups in total. The normalized spacial score (nSPS) is 11.6. The van der Waals surface area contributed by atoms with Crippen LogP contribution in [0.25, 0.3) is 22.4 Å². The summed E-state index contributed by atoms with van der Waals surface area (Å²) in [6, 6.07) is 5.73. The zero-order valence-corrected chi connectivity index (χ0v) is 11.1. The van der Waals surface area contributed by atoms with Gasteiger partial charge in [0.2, 0.25) is 0 Å². The molecule has 0 saturated heterocycles. The number of imidazole rings is 1. The number of fused-ring (bicyclic) bond motifs is 1. The van der Waals surface area contributed by atoms with Gasteiger partial charge in [-0.05, 0) is 18.2 Å². The van der Waals surface area contributed by atoms with Crippen molar-refractivity contribution in [3.63, 3.8) is 0 Å². The second-order valence-electron chi connectivity index (χ2n) is 4.94. The molecular weight excluding hydrogens is 242 g/mol. The SMILES string of the molecule is CC(C)c1ncc(-c2ccc3[nH]c(=O)n(C)c3c2)o1. The third kappa shape index (κ3) is 1.87. The molecule has 3 aromatic rings. The molecule has 0 saturated carbocycles. The molecule has 98 valence electrons. The van der Waals surface area contributed by atoms with Crippen LogP contribution in [0.15, 0.2) is 33.6 Å². The fraction of sp³-hybridized carbons (Fsp3) is 0.286. The third-order valence-corrected chi connectivity index (χ3v) is 3.21. The lowest BCUT2D eigenvalue weighted by Gasteiger charge is -1.99. The second-order valence-corrected chi connectivity index (χ2v) is 4.94. The second kappa shape index (κ2) is 4.12. The molecule has 0 radical (unpaired) electrons. The molecule has 0 unspecified atom stereocenters. The Balaban J connectivity index is 2.14. The monoisotopic (exact) mass is 257 g/mol. The van der Waals surface area contributed by atoms with Gasteiger partial charge < -0.3 is 9.40 Å². The van der Waals surface area contributed by atoms with E-state index in [0.717, 1.165) is 28.2 Å². The number of aromatic nitrogens is 3. The van der Waals surface area contributed by atoms with E-state index in [4.69, 9.17) is 4.42 Å². The van der Waals surface area contributed by atoms with E-state index in [1.165, 1.54) is 0 Å². The van der Waals surface area contributed by atoms with Gasteiger partial charge >= 0.3 is 5.69 Å². The van der Waals surface area contributed by atoms with Crippen molar-refractivity contribution in [1.29, 1.82) is 0 Å². The molecule has 2 aromatic heterocycles. The summed E-state index contributed by atoms with van der Waals surface area (Å²) < 4.78 is 7.30. The number of rotatable bonds is 2. The van der Waals surface area contributed by atoms with Crippen molar-refractivity contribution in [1.82, 2.24) is 14.5 Å². The Bertz CT molecular complexity index is 792. The number of hydrogen-bond acceptors (Lipinski definition) is 3. The van der Waals surface area contributed by atoms with Crippen LogP contribution >= 0.6 is 0 Å². The molecule has 0 amide bonds. The van der Waals surface area contributed by atoms with Gasteiger partial charge in [0.05, 0.1) is 17.2 Å². The first kappa shape index (κ1) is 11.8. The Morgan fingerprint density at radius 3 is 2.84 bits per heavy atom. The lowest BCUT2D eigenvalue weighted by Crippen LogP contribution is -2.11. The predicted octanol–water partition coefficient (Wildman–Crippen LogP) is 2.65. The van der Waals surface area contributed by atoms with Crippen LogP contribution in [-0.4, -0.2) is 14.5 Å². The first-order chi connectivity index (χ1) is 9.06. The van der Waals surface area contributed by atoms with Crippen LogP contribution < -0.4 is 5.69 Å². The van der Waals surface area contributed by atoms with Crippen LogP contribution in [0.5, 0.6) is 0 Å². The zero-order valence-electron chi connectivity index (χ0n) is 11.1. The average molecular weight is 257 g/mol. The molecule has 0 aliphatic rings. The maximum absolute atomic E-state index is 11.6. The van der Waals surface area contributed by atoms with Gasteiger partial charge in [-0.2, -0.15) is 0 Å². The largest absolute Gasteiger partial charge is 0.440 e. The lowest BCUT2D eigenvalue weighted by atomic mass is 10.1. The standard InChI is InChI=1S/C14H15N3O2/c1-8(2)13-15-7-12(19-13)9-4-5-10-11(6-9)17(3)14(18)16-10/h4-8H,1-3H3,(H,16,18). The highest BCUT2D eigenvalue weighted by Crippen LogP contribution is 2.25. The van der Waals surface area contributed by atoms with E-state index >= 15 is 0 Å². The van der Waals surface area contributed by atoms with Crippen molar-refractivity contribution in [2.24, 2.45) is 7.05 Å². The maximum Gasteiger partial charge on any atom is 0.326 e. The van der Waals surface area contributed by atoms with Crippen LogP contribution in [0, 0.1) is 0 Å². The third-order valence-electron chi connectivity index (χ3n) is 3.21. The quantitative estimate of drug-likeness (QED) is 0.767. The lowest BCUT2D eigenvalue weighted by molar-refractivity contribution is 0.481. The molecule has 0 atom stereocenters. The van der Waals surface area contributed by atoms with Crippen LogP contribution in [0.2, 0.25) is 0 Å². The molecule has 0 aliphatic carbocycles. The van der Waals surface area contributed by atoms with Crippen LogP contribution in [0.4, 0.5) is 0 Å². The molecule has 0 spiro atoms. The Morgan fingerprint density at radius 1 is 1.37 bits per heavy atom. The van der Waals surface area contributed by atoms with Crippen molar-refractivity contribution >= 4 is 11.0 Å². The van der Waals surface area contributed by atoms with Gasteiger partial charge in [-0.15, -0.1) is 0 Å². The summed E-state index contributed by atoms with van der Waals surface area (Å²) in [6.07, 6.45) is 1.72.